The summed E-state index contributed by atoms with van der Waals surface area (Å²) < 4.78 is 7.86. The number of pyridine rings is 1. The fraction of sp³-hybridized carbons (Fsp3) is 0.364. The van der Waals surface area contributed by atoms with Gasteiger partial charge in [0.25, 0.3) is 5.91 Å². The number of rotatable bonds is 5. The number of hydrogen-bond acceptors (Lipinski definition) is 4. The minimum Gasteiger partial charge on any atom is -0.487 e. The summed E-state index contributed by atoms with van der Waals surface area (Å²) in [6.07, 6.45) is 6.19. The van der Waals surface area contributed by atoms with Gasteiger partial charge in [0.15, 0.2) is 0 Å². The summed E-state index contributed by atoms with van der Waals surface area (Å²) in [7, 11) is 1.95. The largest absolute Gasteiger partial charge is 0.487 e. The molecule has 3 heterocycles. The molecule has 1 atom stereocenters. The van der Waals surface area contributed by atoms with Gasteiger partial charge in [0.1, 0.15) is 18.0 Å². The lowest BCUT2D eigenvalue weighted by Gasteiger charge is -2.32. The van der Waals surface area contributed by atoms with Gasteiger partial charge in [-0.25, -0.2) is 4.98 Å². The van der Waals surface area contributed by atoms with Crippen LogP contribution < -0.4 is 10.1 Å². The number of benzene rings is 1. The Kier molecular flexibility index (Phi) is 5.30. The Morgan fingerprint density at radius 1 is 1.21 bits per heavy atom. The third-order valence-corrected chi connectivity index (χ3v) is 5.25. The van der Waals surface area contributed by atoms with E-state index in [1.54, 1.807) is 0 Å². The molecule has 1 fully saturated rings. The Morgan fingerprint density at radius 2 is 2.04 bits per heavy atom. The van der Waals surface area contributed by atoms with Gasteiger partial charge in [0.2, 0.25) is 0 Å². The zero-order chi connectivity index (χ0) is 19.5. The van der Waals surface area contributed by atoms with Gasteiger partial charge < -0.3 is 19.4 Å². The van der Waals surface area contributed by atoms with Gasteiger partial charge in [-0.15, -0.1) is 0 Å². The minimum absolute atomic E-state index is 0.0854. The van der Waals surface area contributed by atoms with Crippen LogP contribution in [0.2, 0.25) is 0 Å². The van der Waals surface area contributed by atoms with E-state index in [2.05, 4.69) is 17.2 Å². The van der Waals surface area contributed by atoms with Crippen molar-refractivity contribution in [2.75, 3.05) is 20.1 Å². The maximum absolute atomic E-state index is 12.7. The second-order valence-electron chi connectivity index (χ2n) is 7.40. The molecule has 1 aromatic carbocycles. The Hall–Kier alpha value is -2.86. The molecule has 4 rings (SSSR count). The highest BCUT2D eigenvalue weighted by molar-refractivity contribution is 5.94. The maximum atomic E-state index is 12.7. The van der Waals surface area contributed by atoms with Crippen molar-refractivity contribution < 1.29 is 9.53 Å². The molecule has 1 aliphatic rings. The Morgan fingerprint density at radius 3 is 2.82 bits per heavy atom. The molecule has 0 saturated carbocycles. The predicted molar refractivity (Wildman–Crippen MR) is 109 cm³/mol. The third-order valence-electron chi connectivity index (χ3n) is 5.25. The van der Waals surface area contributed by atoms with Crippen molar-refractivity contribution in [2.24, 2.45) is 0 Å². The van der Waals surface area contributed by atoms with Gasteiger partial charge in [0, 0.05) is 37.1 Å². The molecular weight excluding hydrogens is 352 g/mol. The lowest BCUT2D eigenvalue weighted by atomic mass is 10.0. The fourth-order valence-corrected chi connectivity index (χ4v) is 3.66. The molecule has 3 aromatic rings. The van der Waals surface area contributed by atoms with E-state index >= 15 is 0 Å². The van der Waals surface area contributed by atoms with Crippen LogP contribution in [0.1, 0.15) is 34.5 Å². The number of aryl methyl sites for hydroxylation is 1. The number of carbonyl (C=O) groups is 1. The predicted octanol–water partition coefficient (Wildman–Crippen LogP) is 3.05. The second-order valence-corrected chi connectivity index (χ2v) is 7.40. The number of hydrogen-bond donors (Lipinski definition) is 1. The first-order valence-corrected chi connectivity index (χ1v) is 9.76. The SMILES string of the molecule is CNC1CCCN(C(=O)c2ccc(OCc3cn4cc(C)ccc4n3)cc2)C1. The molecule has 6 heteroatoms. The molecule has 1 unspecified atom stereocenters. The van der Waals surface area contributed by atoms with E-state index in [0.29, 0.717) is 18.2 Å². The van der Waals surface area contributed by atoms with Crippen LogP contribution >= 0.6 is 0 Å². The summed E-state index contributed by atoms with van der Waals surface area (Å²) in [4.78, 5) is 19.2. The summed E-state index contributed by atoms with van der Waals surface area (Å²) in [5, 5.41) is 3.27. The summed E-state index contributed by atoms with van der Waals surface area (Å²) in [6.45, 7) is 4.04. The van der Waals surface area contributed by atoms with Crippen molar-refractivity contribution >= 4 is 11.6 Å². The lowest BCUT2D eigenvalue weighted by Crippen LogP contribution is -2.46. The second kappa shape index (κ2) is 8.02. The van der Waals surface area contributed by atoms with Crippen LogP contribution in [0.15, 0.2) is 48.8 Å². The zero-order valence-electron chi connectivity index (χ0n) is 16.4. The third kappa shape index (κ3) is 4.02. The van der Waals surface area contributed by atoms with Crippen LogP contribution in [-0.2, 0) is 6.61 Å². The van der Waals surface area contributed by atoms with Gasteiger partial charge in [-0.3, -0.25) is 4.79 Å². The number of likely N-dealkylation sites (N-methyl/N-ethyl adjacent to an activating group) is 1. The first kappa shape index (κ1) is 18.5. The molecule has 146 valence electrons. The average molecular weight is 378 g/mol. The minimum atomic E-state index is 0.0854. The molecule has 1 N–H and O–H groups in total. The van der Waals surface area contributed by atoms with Crippen molar-refractivity contribution in [2.45, 2.75) is 32.4 Å². The standard InChI is InChI=1S/C22H26N4O2/c1-16-5-10-21-24-19(14-26(21)12-16)15-28-20-8-6-17(7-9-20)22(27)25-11-3-4-18(13-25)23-2/h5-10,12,14,18,23H,3-4,11,13,15H2,1-2H3. The number of nitrogens with one attached hydrogen (secondary N) is 1. The number of ether oxygens (including phenoxy) is 1. The van der Waals surface area contributed by atoms with E-state index in [0.717, 1.165) is 43.0 Å². The van der Waals surface area contributed by atoms with Gasteiger partial charge >= 0.3 is 0 Å². The van der Waals surface area contributed by atoms with E-state index in [4.69, 9.17) is 4.74 Å². The van der Waals surface area contributed by atoms with Crippen molar-refractivity contribution in [3.8, 4) is 5.75 Å². The smallest absolute Gasteiger partial charge is 0.253 e. The number of fused-ring (bicyclic) bond motifs is 1. The Labute approximate surface area is 165 Å². The van der Waals surface area contributed by atoms with E-state index in [-0.39, 0.29) is 5.91 Å². The van der Waals surface area contributed by atoms with Crippen molar-refractivity contribution in [3.05, 3.63) is 65.6 Å². The Bertz CT molecular complexity index is 964. The van der Waals surface area contributed by atoms with Crippen LogP contribution in [0.4, 0.5) is 0 Å². The molecule has 28 heavy (non-hydrogen) atoms. The molecule has 0 radical (unpaired) electrons. The Balaban J connectivity index is 1.38. The summed E-state index contributed by atoms with van der Waals surface area (Å²) >= 11 is 0. The lowest BCUT2D eigenvalue weighted by molar-refractivity contribution is 0.0698. The number of piperidine rings is 1. The summed E-state index contributed by atoms with van der Waals surface area (Å²) in [5.74, 6) is 0.818. The van der Waals surface area contributed by atoms with Gasteiger partial charge in [-0.05, 0) is 62.7 Å². The molecule has 2 aromatic heterocycles. The van der Waals surface area contributed by atoms with Crippen LogP contribution in [0.3, 0.4) is 0 Å². The van der Waals surface area contributed by atoms with Gasteiger partial charge in [-0.2, -0.15) is 0 Å². The zero-order valence-corrected chi connectivity index (χ0v) is 16.4. The number of carbonyl (C=O) groups excluding carboxylic acids is 1. The van der Waals surface area contributed by atoms with Crippen LogP contribution in [-0.4, -0.2) is 46.4 Å². The number of aromatic nitrogens is 2. The quantitative estimate of drug-likeness (QED) is 0.741. The van der Waals surface area contributed by atoms with Gasteiger partial charge in [-0.1, -0.05) is 6.07 Å². The normalized spacial score (nSPS) is 17.1. The monoisotopic (exact) mass is 378 g/mol. The van der Waals surface area contributed by atoms with E-state index in [1.807, 2.05) is 65.1 Å². The topological polar surface area (TPSA) is 58.9 Å². The van der Waals surface area contributed by atoms with Crippen molar-refractivity contribution in [3.63, 3.8) is 0 Å². The van der Waals surface area contributed by atoms with Crippen molar-refractivity contribution in [1.29, 1.82) is 0 Å². The van der Waals surface area contributed by atoms with Crippen LogP contribution in [0.5, 0.6) is 5.75 Å². The van der Waals surface area contributed by atoms with Crippen LogP contribution in [0, 0.1) is 6.92 Å². The van der Waals surface area contributed by atoms with Crippen LogP contribution in [0.25, 0.3) is 5.65 Å². The molecule has 0 bridgehead atoms. The fourth-order valence-electron chi connectivity index (χ4n) is 3.66. The molecule has 0 aliphatic carbocycles. The average Bonchev–Trinajstić information content (AvgIpc) is 3.14. The van der Waals surface area contributed by atoms with E-state index in [9.17, 15) is 4.79 Å². The van der Waals surface area contributed by atoms with Crippen molar-refractivity contribution in [1.82, 2.24) is 19.6 Å². The first-order chi connectivity index (χ1) is 13.6. The molecule has 6 nitrogen and oxygen atoms in total. The number of likely N-dealkylation sites (tertiary alicyclic amines) is 1. The molecule has 0 spiro atoms. The van der Waals surface area contributed by atoms with E-state index in [1.165, 1.54) is 5.56 Å². The highest BCUT2D eigenvalue weighted by Gasteiger charge is 2.23. The summed E-state index contributed by atoms with van der Waals surface area (Å²) in [5.41, 5.74) is 3.67. The highest BCUT2D eigenvalue weighted by atomic mass is 16.5. The summed E-state index contributed by atoms with van der Waals surface area (Å²) in [6, 6.07) is 11.8. The first-order valence-electron chi connectivity index (χ1n) is 9.76. The molecule has 1 aliphatic heterocycles. The van der Waals surface area contributed by atoms with Gasteiger partial charge in [0.05, 0.1) is 5.69 Å². The number of nitrogens with zero attached hydrogens (tertiary/aromatic N) is 3. The number of imidazole rings is 1. The molecule has 1 amide bonds. The highest BCUT2D eigenvalue weighted by Crippen LogP contribution is 2.18. The molecular formula is C22H26N4O2. The molecule has 1 saturated heterocycles. The number of amides is 1. The van der Waals surface area contributed by atoms with E-state index < -0.39 is 0 Å². The maximum Gasteiger partial charge on any atom is 0.253 e.